The summed E-state index contributed by atoms with van der Waals surface area (Å²) in [6, 6.07) is 9.81. The normalized spacial score (nSPS) is 24.2. The smallest absolute Gasteiger partial charge is 0.214 e. The first kappa shape index (κ1) is 10.9. The van der Waals surface area contributed by atoms with Gasteiger partial charge in [0.15, 0.2) is 5.78 Å². The minimum absolute atomic E-state index is 0.0295. The maximum absolute atomic E-state index is 11.2. The highest BCUT2D eigenvalue weighted by Gasteiger charge is 2.31. The van der Waals surface area contributed by atoms with E-state index >= 15 is 0 Å². The highest BCUT2D eigenvalue weighted by molar-refractivity contribution is 5.90. The van der Waals surface area contributed by atoms with Crippen molar-refractivity contribution in [3.05, 3.63) is 48.2 Å². The van der Waals surface area contributed by atoms with Crippen LogP contribution in [-0.4, -0.2) is 11.6 Å². The van der Waals surface area contributed by atoms with E-state index in [2.05, 4.69) is 0 Å². The molecule has 0 radical (unpaired) electrons. The molecule has 1 atom stereocenters. The molecular formula is C13H14O3. The largest absolute Gasteiger partial charge is 0.470 e. The van der Waals surface area contributed by atoms with Gasteiger partial charge in [-0.1, -0.05) is 30.3 Å². The number of ketones is 1. The number of allylic oxidation sites excluding steroid dienone is 1. The Labute approximate surface area is 94.7 Å². The zero-order chi connectivity index (χ0) is 11.4. The summed E-state index contributed by atoms with van der Waals surface area (Å²) in [5.74, 6) is -0.802. The fourth-order valence-corrected chi connectivity index (χ4v) is 1.57. The summed E-state index contributed by atoms with van der Waals surface area (Å²) in [7, 11) is 0. The lowest BCUT2D eigenvalue weighted by atomic mass is 10.1. The maximum atomic E-state index is 11.2. The molecule has 0 N–H and O–H groups in total. The van der Waals surface area contributed by atoms with Crippen LogP contribution in [0.4, 0.5) is 0 Å². The SMILES string of the molecule is CC1(OCc2ccccc2)CC(=O)C=CO1. The van der Waals surface area contributed by atoms with E-state index in [0.29, 0.717) is 6.61 Å². The molecular weight excluding hydrogens is 204 g/mol. The van der Waals surface area contributed by atoms with Gasteiger partial charge in [-0.15, -0.1) is 0 Å². The van der Waals surface area contributed by atoms with Crippen LogP contribution in [0.2, 0.25) is 0 Å². The van der Waals surface area contributed by atoms with Crippen LogP contribution in [0.1, 0.15) is 18.9 Å². The summed E-state index contributed by atoms with van der Waals surface area (Å²) in [5.41, 5.74) is 1.06. The van der Waals surface area contributed by atoms with E-state index in [-0.39, 0.29) is 12.2 Å². The molecule has 1 aliphatic heterocycles. The molecule has 1 aliphatic rings. The molecule has 1 aromatic carbocycles. The van der Waals surface area contributed by atoms with Crippen molar-refractivity contribution < 1.29 is 14.3 Å². The van der Waals surface area contributed by atoms with E-state index < -0.39 is 5.79 Å². The van der Waals surface area contributed by atoms with Crippen LogP contribution in [-0.2, 0) is 20.9 Å². The van der Waals surface area contributed by atoms with Gasteiger partial charge in [0.2, 0.25) is 5.79 Å². The topological polar surface area (TPSA) is 35.5 Å². The third-order valence-corrected chi connectivity index (χ3v) is 2.45. The molecule has 84 valence electrons. The van der Waals surface area contributed by atoms with Gasteiger partial charge in [0, 0.05) is 13.0 Å². The summed E-state index contributed by atoms with van der Waals surface area (Å²) in [6.45, 7) is 2.22. The second-order valence-electron chi connectivity index (χ2n) is 3.97. The van der Waals surface area contributed by atoms with E-state index in [1.807, 2.05) is 30.3 Å². The number of benzene rings is 1. The van der Waals surface area contributed by atoms with Crippen LogP contribution < -0.4 is 0 Å². The van der Waals surface area contributed by atoms with Gasteiger partial charge in [-0.05, 0) is 5.56 Å². The molecule has 1 unspecified atom stereocenters. The average molecular weight is 218 g/mol. The van der Waals surface area contributed by atoms with Crippen molar-refractivity contribution in [2.75, 3.05) is 0 Å². The molecule has 0 aliphatic carbocycles. The van der Waals surface area contributed by atoms with Gasteiger partial charge in [0.05, 0.1) is 19.3 Å². The van der Waals surface area contributed by atoms with E-state index in [9.17, 15) is 4.79 Å². The molecule has 0 aromatic heterocycles. The summed E-state index contributed by atoms with van der Waals surface area (Å²) in [4.78, 5) is 11.2. The molecule has 1 aromatic rings. The Bertz CT molecular complexity index is 397. The Kier molecular flexibility index (Phi) is 3.06. The Morgan fingerprint density at radius 1 is 1.38 bits per heavy atom. The monoisotopic (exact) mass is 218 g/mol. The van der Waals surface area contributed by atoms with Crippen molar-refractivity contribution in [1.29, 1.82) is 0 Å². The number of carbonyl (C=O) groups is 1. The van der Waals surface area contributed by atoms with Gasteiger partial charge >= 0.3 is 0 Å². The lowest BCUT2D eigenvalue weighted by Gasteiger charge is -2.30. The molecule has 2 rings (SSSR count). The second-order valence-corrected chi connectivity index (χ2v) is 3.97. The molecule has 16 heavy (non-hydrogen) atoms. The predicted octanol–water partition coefficient (Wildman–Crippen LogP) is 2.42. The fraction of sp³-hybridized carbons (Fsp3) is 0.308. The molecule has 0 saturated heterocycles. The molecule has 0 saturated carbocycles. The highest BCUT2D eigenvalue weighted by atomic mass is 16.7. The van der Waals surface area contributed by atoms with Gasteiger partial charge in [0.25, 0.3) is 0 Å². The van der Waals surface area contributed by atoms with Crippen LogP contribution >= 0.6 is 0 Å². The predicted molar refractivity (Wildman–Crippen MR) is 59.5 cm³/mol. The first-order chi connectivity index (χ1) is 7.68. The lowest BCUT2D eigenvalue weighted by molar-refractivity contribution is -0.208. The van der Waals surface area contributed by atoms with Crippen molar-refractivity contribution in [2.45, 2.75) is 25.7 Å². The zero-order valence-corrected chi connectivity index (χ0v) is 9.18. The van der Waals surface area contributed by atoms with Crippen LogP contribution in [0.15, 0.2) is 42.7 Å². The first-order valence-electron chi connectivity index (χ1n) is 5.23. The molecule has 3 nitrogen and oxygen atoms in total. The lowest BCUT2D eigenvalue weighted by Crippen LogP contribution is -2.35. The Hall–Kier alpha value is -1.61. The van der Waals surface area contributed by atoms with Crippen molar-refractivity contribution >= 4 is 5.78 Å². The van der Waals surface area contributed by atoms with Crippen molar-refractivity contribution in [1.82, 2.24) is 0 Å². The zero-order valence-electron chi connectivity index (χ0n) is 9.18. The minimum Gasteiger partial charge on any atom is -0.470 e. The van der Waals surface area contributed by atoms with Crippen LogP contribution in [0.5, 0.6) is 0 Å². The minimum atomic E-state index is -0.832. The third-order valence-electron chi connectivity index (χ3n) is 2.45. The molecule has 1 heterocycles. The van der Waals surface area contributed by atoms with E-state index in [4.69, 9.17) is 9.47 Å². The van der Waals surface area contributed by atoms with Gasteiger partial charge in [-0.2, -0.15) is 0 Å². The first-order valence-corrected chi connectivity index (χ1v) is 5.23. The number of ether oxygens (including phenoxy) is 2. The van der Waals surface area contributed by atoms with Crippen LogP contribution in [0.25, 0.3) is 0 Å². The molecule has 0 fully saturated rings. The Balaban J connectivity index is 1.95. The Morgan fingerprint density at radius 3 is 2.81 bits per heavy atom. The van der Waals surface area contributed by atoms with Crippen LogP contribution in [0, 0.1) is 0 Å². The highest BCUT2D eigenvalue weighted by Crippen LogP contribution is 2.23. The molecule has 0 spiro atoms. The van der Waals surface area contributed by atoms with Gasteiger partial charge in [0.1, 0.15) is 0 Å². The summed E-state index contributed by atoms with van der Waals surface area (Å²) < 4.78 is 11.0. The maximum Gasteiger partial charge on any atom is 0.214 e. The summed E-state index contributed by atoms with van der Waals surface area (Å²) in [5, 5.41) is 0. The molecule has 0 amide bonds. The van der Waals surface area contributed by atoms with Crippen molar-refractivity contribution in [3.63, 3.8) is 0 Å². The van der Waals surface area contributed by atoms with Gasteiger partial charge < -0.3 is 9.47 Å². The van der Waals surface area contributed by atoms with Crippen molar-refractivity contribution in [3.8, 4) is 0 Å². The van der Waals surface area contributed by atoms with E-state index in [1.54, 1.807) is 6.92 Å². The number of carbonyl (C=O) groups excluding carboxylic acids is 1. The van der Waals surface area contributed by atoms with Crippen LogP contribution in [0.3, 0.4) is 0 Å². The van der Waals surface area contributed by atoms with Gasteiger partial charge in [-0.25, -0.2) is 0 Å². The second kappa shape index (κ2) is 4.49. The number of hydrogen-bond acceptors (Lipinski definition) is 3. The average Bonchev–Trinajstić information content (AvgIpc) is 2.28. The fourth-order valence-electron chi connectivity index (χ4n) is 1.57. The van der Waals surface area contributed by atoms with Crippen molar-refractivity contribution in [2.24, 2.45) is 0 Å². The van der Waals surface area contributed by atoms with E-state index in [0.717, 1.165) is 5.56 Å². The Morgan fingerprint density at radius 2 is 2.12 bits per heavy atom. The summed E-state index contributed by atoms with van der Waals surface area (Å²) >= 11 is 0. The summed E-state index contributed by atoms with van der Waals surface area (Å²) in [6.07, 6.45) is 3.08. The van der Waals surface area contributed by atoms with E-state index in [1.165, 1.54) is 12.3 Å². The number of rotatable bonds is 3. The molecule has 0 bridgehead atoms. The number of hydrogen-bond donors (Lipinski definition) is 0. The quantitative estimate of drug-likeness (QED) is 0.781. The standard InChI is InChI=1S/C13H14O3/c1-13(9-12(14)7-8-15-13)16-10-11-5-3-2-4-6-11/h2-8H,9-10H2,1H3. The molecule has 3 heteroatoms. The third kappa shape index (κ3) is 2.70. The van der Waals surface area contributed by atoms with Gasteiger partial charge in [-0.3, -0.25) is 4.79 Å².